The van der Waals surface area contributed by atoms with Crippen molar-refractivity contribution < 1.29 is 0 Å². The first-order valence-corrected chi connectivity index (χ1v) is 1.85. The van der Waals surface area contributed by atoms with E-state index in [0.717, 1.165) is 0 Å². The molecular weight excluding hydrogens is 221 g/mol. The largest absolute Gasteiger partial charge is 0.316 e. The van der Waals surface area contributed by atoms with E-state index in [1.54, 1.807) is 12.4 Å². The minimum atomic E-state index is 0. The molecule has 0 bridgehead atoms. The van der Waals surface area contributed by atoms with Crippen LogP contribution in [0.25, 0.3) is 0 Å². The molecule has 0 amide bonds. The predicted molar refractivity (Wildman–Crippen MR) is 57.5 cm³/mol. The van der Waals surface area contributed by atoms with Gasteiger partial charge in [0.15, 0.2) is 0 Å². The number of halogens is 2. The van der Waals surface area contributed by atoms with Crippen LogP contribution in [-0.2, 0) is 0 Å². The van der Waals surface area contributed by atoms with Crippen LogP contribution in [0.4, 0.5) is 0 Å². The molecule has 0 fully saturated rings. The van der Waals surface area contributed by atoms with Gasteiger partial charge in [0.25, 0.3) is 0 Å². The second-order valence-corrected chi connectivity index (χ2v) is 1.02. The summed E-state index contributed by atoms with van der Waals surface area (Å²) in [4.78, 5) is 3.78. The molecule has 0 aliphatic rings. The van der Waals surface area contributed by atoms with Gasteiger partial charge in [-0.05, 0) is 12.1 Å². The zero-order valence-electron chi connectivity index (χ0n) is 4.15. The van der Waals surface area contributed by atoms with Crippen molar-refractivity contribution in [3.63, 3.8) is 0 Å². The van der Waals surface area contributed by atoms with Crippen molar-refractivity contribution in [3.05, 3.63) is 30.6 Å². The summed E-state index contributed by atoms with van der Waals surface area (Å²) in [6.07, 6.45) is 3.50. The molecule has 52 valence electrons. The van der Waals surface area contributed by atoms with Gasteiger partial charge in [-0.15, -0.1) is 29.4 Å². The normalized spacial score (nSPS) is 4.80. The SMILES string of the molecule is Br.Cl.[LiH].[MgH2].c1ccncc1. The Morgan fingerprint density at radius 3 is 1.40 bits per heavy atom. The Bertz CT molecular complexity index is 93.6. The van der Waals surface area contributed by atoms with E-state index in [1.807, 2.05) is 18.2 Å². The number of rotatable bonds is 0. The molecule has 1 aromatic heterocycles. The summed E-state index contributed by atoms with van der Waals surface area (Å²) in [5.74, 6) is 0. The molecule has 1 rings (SSSR count). The van der Waals surface area contributed by atoms with E-state index in [2.05, 4.69) is 4.98 Å². The average molecular weight is 231 g/mol. The van der Waals surface area contributed by atoms with Crippen molar-refractivity contribution in [2.45, 2.75) is 0 Å². The summed E-state index contributed by atoms with van der Waals surface area (Å²) >= 11 is 0. The molecule has 0 unspecified atom stereocenters. The molecule has 1 nitrogen and oxygen atoms in total. The number of pyridine rings is 1. The van der Waals surface area contributed by atoms with Crippen molar-refractivity contribution >= 4 is 71.3 Å². The standard InChI is InChI=1S/C5H5N.BrH.ClH.Li.Mg.3H/c1-2-4-6-5-3-1;;;;;;;/h1-5H;2*1H;;;;;. The number of aromatic nitrogens is 1. The van der Waals surface area contributed by atoms with Crippen LogP contribution in [-0.4, -0.2) is 46.9 Å². The molecule has 0 spiro atoms. The predicted octanol–water partition coefficient (Wildman–Crippen LogP) is 0.517. The van der Waals surface area contributed by atoms with Gasteiger partial charge in [0.1, 0.15) is 0 Å². The minimum absolute atomic E-state index is 0. The Morgan fingerprint density at radius 1 is 0.900 bits per heavy atom. The summed E-state index contributed by atoms with van der Waals surface area (Å²) in [6.45, 7) is 0. The smallest absolute Gasteiger partial charge is 0.265 e. The molecule has 5 heteroatoms. The Balaban J connectivity index is -0.0000000450. The van der Waals surface area contributed by atoms with Crippen LogP contribution in [0.2, 0.25) is 0 Å². The molecule has 0 saturated carbocycles. The van der Waals surface area contributed by atoms with Crippen LogP contribution < -0.4 is 0 Å². The molecule has 1 heterocycles. The van der Waals surface area contributed by atoms with Gasteiger partial charge in [-0.1, -0.05) is 6.07 Å². The Labute approximate surface area is 106 Å². The maximum absolute atomic E-state index is 3.78. The van der Waals surface area contributed by atoms with Crippen molar-refractivity contribution in [1.29, 1.82) is 0 Å². The van der Waals surface area contributed by atoms with Crippen molar-refractivity contribution in [1.82, 2.24) is 4.98 Å². The van der Waals surface area contributed by atoms with E-state index in [9.17, 15) is 0 Å². The zero-order chi connectivity index (χ0) is 4.24. The van der Waals surface area contributed by atoms with Gasteiger partial charge in [-0.25, -0.2) is 0 Å². The second kappa shape index (κ2) is 16.7. The quantitative estimate of drug-likeness (QED) is 0.593. The van der Waals surface area contributed by atoms with E-state index in [0.29, 0.717) is 0 Å². The fourth-order valence-corrected chi connectivity index (χ4v) is 0.313. The van der Waals surface area contributed by atoms with Gasteiger partial charge < -0.3 is 0 Å². The van der Waals surface area contributed by atoms with E-state index < -0.39 is 0 Å². The topological polar surface area (TPSA) is 12.9 Å². The fraction of sp³-hybridized carbons (Fsp3) is 0. The maximum atomic E-state index is 3.78. The number of hydrogen-bond acceptors (Lipinski definition) is 1. The first-order valence-electron chi connectivity index (χ1n) is 1.85. The third-order valence-corrected chi connectivity index (χ3v) is 0.566. The van der Waals surface area contributed by atoms with Gasteiger partial charge in [0.05, 0.1) is 0 Å². The molecule has 0 N–H and O–H groups in total. The van der Waals surface area contributed by atoms with Crippen LogP contribution in [0.5, 0.6) is 0 Å². The van der Waals surface area contributed by atoms with Crippen molar-refractivity contribution in [3.8, 4) is 0 Å². The molecule has 1 aromatic rings. The number of hydrogen-bond donors (Lipinski definition) is 0. The Kier molecular flexibility index (Phi) is 37.6. The second-order valence-electron chi connectivity index (χ2n) is 1.02. The van der Waals surface area contributed by atoms with Gasteiger partial charge in [-0.3, -0.25) is 4.98 Å². The third kappa shape index (κ3) is 12.0. The van der Waals surface area contributed by atoms with E-state index in [1.165, 1.54) is 0 Å². The first-order chi connectivity index (χ1) is 3.00. The summed E-state index contributed by atoms with van der Waals surface area (Å²) in [6, 6.07) is 5.72. The van der Waals surface area contributed by atoms with Gasteiger partial charge in [0.2, 0.25) is 0 Å². The molecular formula is C5H10BrClLiMgN. The van der Waals surface area contributed by atoms with Crippen LogP contribution >= 0.6 is 29.4 Å². The first kappa shape index (κ1) is 22.5. The number of nitrogens with zero attached hydrogens (tertiary/aromatic N) is 1. The summed E-state index contributed by atoms with van der Waals surface area (Å²) in [7, 11) is 0. The van der Waals surface area contributed by atoms with Crippen molar-refractivity contribution in [2.75, 3.05) is 0 Å². The van der Waals surface area contributed by atoms with E-state index >= 15 is 0 Å². The molecule has 0 aromatic carbocycles. The maximum Gasteiger partial charge on any atom is 0.316 e. The Morgan fingerprint density at radius 2 is 1.30 bits per heavy atom. The average Bonchev–Trinajstić information content (AvgIpc) is 1.72. The summed E-state index contributed by atoms with van der Waals surface area (Å²) < 4.78 is 0. The summed E-state index contributed by atoms with van der Waals surface area (Å²) in [5, 5.41) is 0. The monoisotopic (exact) mass is 229 g/mol. The third-order valence-electron chi connectivity index (χ3n) is 0.566. The van der Waals surface area contributed by atoms with Crippen LogP contribution in [0.3, 0.4) is 0 Å². The van der Waals surface area contributed by atoms with E-state index in [4.69, 9.17) is 0 Å². The van der Waals surface area contributed by atoms with Crippen LogP contribution in [0.1, 0.15) is 0 Å². The molecule has 0 radical (unpaired) electrons. The molecule has 0 atom stereocenters. The van der Waals surface area contributed by atoms with Gasteiger partial charge in [0, 0.05) is 12.4 Å². The van der Waals surface area contributed by atoms with Crippen LogP contribution in [0, 0.1) is 0 Å². The molecule has 10 heavy (non-hydrogen) atoms. The van der Waals surface area contributed by atoms with Gasteiger partial charge >= 0.3 is 41.9 Å². The summed E-state index contributed by atoms with van der Waals surface area (Å²) in [5.41, 5.74) is 0. The molecule has 0 saturated heterocycles. The minimum Gasteiger partial charge on any atom is -0.265 e. The fourth-order valence-electron chi connectivity index (χ4n) is 0.313. The Hall–Kier alpha value is 1.28. The molecule has 0 aliphatic heterocycles. The zero-order valence-corrected chi connectivity index (χ0v) is 6.68. The van der Waals surface area contributed by atoms with Gasteiger partial charge in [-0.2, -0.15) is 0 Å². The van der Waals surface area contributed by atoms with E-state index in [-0.39, 0.29) is 71.3 Å². The molecule has 0 aliphatic carbocycles. The van der Waals surface area contributed by atoms with Crippen LogP contribution in [0.15, 0.2) is 30.6 Å². The van der Waals surface area contributed by atoms with Crippen molar-refractivity contribution in [2.24, 2.45) is 0 Å².